The molecule has 2 heterocycles. The van der Waals surface area contributed by atoms with Crippen LogP contribution in [0.25, 0.3) is 10.1 Å². The Morgan fingerprint density at radius 1 is 1.20 bits per heavy atom. The first-order valence-corrected chi connectivity index (χ1v) is 8.52. The topological polar surface area (TPSA) is 34.0 Å². The number of rotatable bonds is 4. The second-order valence-corrected chi connectivity index (χ2v) is 6.60. The quantitative estimate of drug-likeness (QED) is 0.876. The van der Waals surface area contributed by atoms with Crippen LogP contribution in [0.1, 0.15) is 38.5 Å². The van der Waals surface area contributed by atoms with Crippen LogP contribution in [0.3, 0.4) is 0 Å². The molecule has 0 radical (unpaired) electrons. The average Bonchev–Trinajstić information content (AvgIpc) is 2.79. The Kier molecular flexibility index (Phi) is 4.53. The third-order valence-corrected chi connectivity index (χ3v) is 5.12. The zero-order chi connectivity index (χ0) is 13.8. The highest BCUT2D eigenvalue weighted by molar-refractivity contribution is 7.17. The largest absolute Gasteiger partial charge is 0.314 e. The summed E-state index contributed by atoms with van der Waals surface area (Å²) in [4.78, 5) is 12.3. The molecule has 0 saturated heterocycles. The van der Waals surface area contributed by atoms with E-state index in [1.807, 2.05) is 28.3 Å². The van der Waals surface area contributed by atoms with Gasteiger partial charge in [0.15, 0.2) is 0 Å². The Morgan fingerprint density at radius 2 is 2.00 bits per heavy atom. The van der Waals surface area contributed by atoms with E-state index in [1.54, 1.807) is 11.3 Å². The van der Waals surface area contributed by atoms with Crippen LogP contribution in [0.2, 0.25) is 0 Å². The number of fused-ring (bicyclic) bond motifs is 1. The van der Waals surface area contributed by atoms with Crippen molar-refractivity contribution in [2.24, 2.45) is 0 Å². The van der Waals surface area contributed by atoms with Gasteiger partial charge in [-0.15, -0.1) is 11.3 Å². The van der Waals surface area contributed by atoms with Crippen LogP contribution in [0.4, 0.5) is 0 Å². The van der Waals surface area contributed by atoms with Gasteiger partial charge in [0.2, 0.25) is 0 Å². The van der Waals surface area contributed by atoms with Crippen LogP contribution in [0, 0.1) is 0 Å². The summed E-state index contributed by atoms with van der Waals surface area (Å²) in [5.41, 5.74) is 0.145. The number of aromatic nitrogens is 1. The lowest BCUT2D eigenvalue weighted by molar-refractivity contribution is 0.443. The molecule has 0 spiro atoms. The lowest BCUT2D eigenvalue weighted by Gasteiger charge is -2.16. The standard InChI is InChI=1S/C16H22N2OS/c19-16-14-8-12-20-15(14)7-10-18(16)11-9-17-13-5-3-1-2-4-6-13/h7-8,10,12-13,17H,1-6,9,11H2. The van der Waals surface area contributed by atoms with Gasteiger partial charge in [0, 0.05) is 30.0 Å². The molecule has 0 atom stereocenters. The Bertz CT molecular complexity index is 608. The summed E-state index contributed by atoms with van der Waals surface area (Å²) in [6.45, 7) is 1.65. The third kappa shape index (κ3) is 3.13. The Labute approximate surface area is 123 Å². The smallest absolute Gasteiger partial charge is 0.259 e. The molecule has 0 aromatic carbocycles. The molecule has 0 unspecified atom stereocenters. The SMILES string of the molecule is O=c1c2ccsc2ccn1CCNC1CCCCCC1. The molecule has 1 N–H and O–H groups in total. The molecule has 0 bridgehead atoms. The van der Waals surface area contributed by atoms with E-state index < -0.39 is 0 Å². The minimum absolute atomic E-state index is 0.145. The van der Waals surface area contributed by atoms with Crippen molar-refractivity contribution in [3.63, 3.8) is 0 Å². The monoisotopic (exact) mass is 290 g/mol. The van der Waals surface area contributed by atoms with Crippen molar-refractivity contribution in [1.82, 2.24) is 9.88 Å². The zero-order valence-electron chi connectivity index (χ0n) is 11.8. The van der Waals surface area contributed by atoms with Crippen LogP contribution in [-0.4, -0.2) is 17.2 Å². The first-order valence-electron chi connectivity index (χ1n) is 7.64. The predicted molar refractivity (Wildman–Crippen MR) is 85.6 cm³/mol. The van der Waals surface area contributed by atoms with Crippen molar-refractivity contribution < 1.29 is 0 Å². The number of thiophene rings is 1. The molecule has 4 heteroatoms. The molecule has 3 rings (SSSR count). The van der Waals surface area contributed by atoms with Crippen LogP contribution in [0.5, 0.6) is 0 Å². The fourth-order valence-corrected chi connectivity index (χ4v) is 3.83. The molecule has 20 heavy (non-hydrogen) atoms. The Hall–Kier alpha value is -1.13. The van der Waals surface area contributed by atoms with Gasteiger partial charge in [-0.2, -0.15) is 0 Å². The summed E-state index contributed by atoms with van der Waals surface area (Å²) in [6, 6.07) is 4.63. The molecule has 3 nitrogen and oxygen atoms in total. The summed E-state index contributed by atoms with van der Waals surface area (Å²) < 4.78 is 2.92. The van der Waals surface area contributed by atoms with Gasteiger partial charge in [0.25, 0.3) is 5.56 Å². The molecule has 1 fully saturated rings. The molecule has 0 amide bonds. The van der Waals surface area contributed by atoms with Crippen LogP contribution in [-0.2, 0) is 6.54 Å². The number of hydrogen-bond donors (Lipinski definition) is 1. The Morgan fingerprint density at radius 3 is 2.80 bits per heavy atom. The van der Waals surface area contributed by atoms with E-state index >= 15 is 0 Å². The van der Waals surface area contributed by atoms with Crippen LogP contribution < -0.4 is 10.9 Å². The molecular weight excluding hydrogens is 268 g/mol. The molecule has 1 aliphatic rings. The maximum absolute atomic E-state index is 12.3. The minimum Gasteiger partial charge on any atom is -0.314 e. The van der Waals surface area contributed by atoms with E-state index in [-0.39, 0.29) is 5.56 Å². The summed E-state index contributed by atoms with van der Waals surface area (Å²) in [6.07, 6.45) is 9.96. The first-order chi connectivity index (χ1) is 9.84. The van der Waals surface area contributed by atoms with Gasteiger partial charge < -0.3 is 9.88 Å². The summed E-state index contributed by atoms with van der Waals surface area (Å²) in [7, 11) is 0. The lowest BCUT2D eigenvalue weighted by atomic mass is 10.1. The highest BCUT2D eigenvalue weighted by Crippen LogP contribution is 2.17. The van der Waals surface area contributed by atoms with E-state index in [4.69, 9.17) is 0 Å². The molecule has 108 valence electrons. The number of pyridine rings is 1. The normalized spacial score (nSPS) is 17.4. The second-order valence-electron chi connectivity index (χ2n) is 5.66. The summed E-state index contributed by atoms with van der Waals surface area (Å²) in [5, 5.41) is 6.46. The second kappa shape index (κ2) is 6.55. The van der Waals surface area contributed by atoms with E-state index in [1.165, 1.54) is 38.5 Å². The third-order valence-electron chi connectivity index (χ3n) is 4.23. The van der Waals surface area contributed by atoms with Gasteiger partial charge in [0.1, 0.15) is 0 Å². The van der Waals surface area contributed by atoms with Gasteiger partial charge >= 0.3 is 0 Å². The van der Waals surface area contributed by atoms with Gasteiger partial charge in [0.05, 0.1) is 5.39 Å². The molecule has 1 aliphatic carbocycles. The van der Waals surface area contributed by atoms with E-state index in [0.717, 1.165) is 23.2 Å². The predicted octanol–water partition coefficient (Wildman–Crippen LogP) is 3.38. The fraction of sp³-hybridized carbons (Fsp3) is 0.562. The van der Waals surface area contributed by atoms with Crippen molar-refractivity contribution in [2.75, 3.05) is 6.54 Å². The first kappa shape index (κ1) is 13.8. The minimum atomic E-state index is 0.145. The highest BCUT2D eigenvalue weighted by atomic mass is 32.1. The van der Waals surface area contributed by atoms with E-state index in [2.05, 4.69) is 5.32 Å². The van der Waals surface area contributed by atoms with Gasteiger partial charge in [-0.25, -0.2) is 0 Å². The maximum atomic E-state index is 12.3. The van der Waals surface area contributed by atoms with Crippen molar-refractivity contribution in [1.29, 1.82) is 0 Å². The number of hydrogen-bond acceptors (Lipinski definition) is 3. The summed E-state index contributed by atoms with van der Waals surface area (Å²) in [5.74, 6) is 0. The van der Waals surface area contributed by atoms with Crippen LogP contribution in [0.15, 0.2) is 28.5 Å². The van der Waals surface area contributed by atoms with Crippen molar-refractivity contribution >= 4 is 21.4 Å². The molecular formula is C16H22N2OS. The van der Waals surface area contributed by atoms with Crippen LogP contribution >= 0.6 is 11.3 Å². The summed E-state index contributed by atoms with van der Waals surface area (Å²) >= 11 is 1.63. The molecule has 1 saturated carbocycles. The van der Waals surface area contributed by atoms with Crippen molar-refractivity contribution in [3.8, 4) is 0 Å². The average molecular weight is 290 g/mol. The van der Waals surface area contributed by atoms with Crippen molar-refractivity contribution in [2.45, 2.75) is 51.1 Å². The van der Waals surface area contributed by atoms with Gasteiger partial charge in [-0.3, -0.25) is 4.79 Å². The van der Waals surface area contributed by atoms with E-state index in [0.29, 0.717) is 6.04 Å². The van der Waals surface area contributed by atoms with Gasteiger partial charge in [-0.05, 0) is 30.4 Å². The van der Waals surface area contributed by atoms with Crippen molar-refractivity contribution in [3.05, 3.63) is 34.1 Å². The van der Waals surface area contributed by atoms with E-state index in [9.17, 15) is 4.79 Å². The molecule has 2 aromatic heterocycles. The highest BCUT2D eigenvalue weighted by Gasteiger charge is 2.11. The zero-order valence-corrected chi connectivity index (χ0v) is 12.6. The lowest BCUT2D eigenvalue weighted by Crippen LogP contribution is -2.33. The molecule has 0 aliphatic heterocycles. The fourth-order valence-electron chi connectivity index (χ4n) is 3.06. The van der Waals surface area contributed by atoms with Gasteiger partial charge in [-0.1, -0.05) is 25.7 Å². The number of nitrogens with one attached hydrogen (secondary N) is 1. The Balaban J connectivity index is 1.59. The number of nitrogens with zero attached hydrogens (tertiary/aromatic N) is 1. The maximum Gasteiger partial charge on any atom is 0.259 e. The molecule has 2 aromatic rings.